The van der Waals surface area contributed by atoms with Gasteiger partial charge in [0.05, 0.1) is 0 Å². The Morgan fingerprint density at radius 2 is 2.24 bits per heavy atom. The van der Waals surface area contributed by atoms with Gasteiger partial charge in [-0.3, -0.25) is 5.10 Å². The number of aromatic amines is 1. The average Bonchev–Trinajstić information content (AvgIpc) is 2.74. The predicted molar refractivity (Wildman–Crippen MR) is 65.9 cm³/mol. The molecule has 0 amide bonds. The molecule has 2 aromatic heterocycles. The van der Waals surface area contributed by atoms with Gasteiger partial charge in [0.15, 0.2) is 5.82 Å². The molecule has 0 aliphatic rings. The lowest BCUT2D eigenvalue weighted by atomic mass is 10.3. The summed E-state index contributed by atoms with van der Waals surface area (Å²) in [7, 11) is 0. The van der Waals surface area contributed by atoms with Crippen LogP contribution in [0.1, 0.15) is 5.56 Å². The smallest absolute Gasteiger partial charge is 0.221 e. The van der Waals surface area contributed by atoms with E-state index in [0.717, 1.165) is 0 Å². The van der Waals surface area contributed by atoms with E-state index in [9.17, 15) is 8.78 Å². The van der Waals surface area contributed by atoms with Crippen LogP contribution in [0.25, 0.3) is 0 Å². The van der Waals surface area contributed by atoms with Crippen molar-refractivity contribution in [3.63, 3.8) is 0 Å². The Morgan fingerprint density at radius 1 is 1.41 bits per heavy atom. The second-order valence-electron chi connectivity index (χ2n) is 3.13. The van der Waals surface area contributed by atoms with Gasteiger partial charge in [0.1, 0.15) is 0 Å². The van der Waals surface area contributed by atoms with E-state index in [-0.39, 0.29) is 6.54 Å². The highest BCUT2D eigenvalue weighted by Crippen LogP contribution is 2.15. The average molecular weight is 351 g/mol. The van der Waals surface area contributed by atoms with Crippen LogP contribution in [0.15, 0.2) is 18.3 Å². The Kier molecular flexibility index (Phi) is 3.84. The number of nitrogens with zero attached hydrogens (tertiary/aromatic N) is 2. The van der Waals surface area contributed by atoms with Crippen molar-refractivity contribution in [2.75, 3.05) is 5.43 Å². The monoisotopic (exact) mass is 351 g/mol. The van der Waals surface area contributed by atoms with Crippen LogP contribution >= 0.6 is 22.6 Å². The second kappa shape index (κ2) is 5.36. The number of aromatic nitrogens is 3. The Bertz CT molecular complexity index is 479. The molecule has 90 valence electrons. The maximum absolute atomic E-state index is 13.3. The fourth-order valence-electron chi connectivity index (χ4n) is 1.19. The van der Waals surface area contributed by atoms with E-state index >= 15 is 0 Å². The Balaban J connectivity index is 1.99. The molecule has 0 atom stereocenters. The molecule has 3 N–H and O–H groups in total. The zero-order valence-electron chi connectivity index (χ0n) is 8.47. The number of hydrogen-bond donors (Lipinski definition) is 3. The third-order valence-corrected chi connectivity index (χ3v) is 2.93. The van der Waals surface area contributed by atoms with Crippen molar-refractivity contribution in [1.82, 2.24) is 20.6 Å². The van der Waals surface area contributed by atoms with Crippen molar-refractivity contribution < 1.29 is 8.78 Å². The van der Waals surface area contributed by atoms with Crippen molar-refractivity contribution >= 4 is 28.4 Å². The van der Waals surface area contributed by atoms with Gasteiger partial charge >= 0.3 is 0 Å². The second-order valence-corrected chi connectivity index (χ2v) is 4.30. The zero-order chi connectivity index (χ0) is 12.3. The number of hydrazine groups is 1. The summed E-state index contributed by atoms with van der Waals surface area (Å²) in [6, 6.07) is 2.88. The first-order valence-electron chi connectivity index (χ1n) is 4.66. The fourth-order valence-corrected chi connectivity index (χ4v) is 1.86. The fraction of sp³-hybridized carbons (Fsp3) is 0.111. The molecule has 8 heteroatoms. The lowest BCUT2D eigenvalue weighted by molar-refractivity contribution is 0.497. The van der Waals surface area contributed by atoms with Gasteiger partial charge in [-0.2, -0.15) is 18.9 Å². The van der Waals surface area contributed by atoms with E-state index in [1.54, 1.807) is 12.3 Å². The summed E-state index contributed by atoms with van der Waals surface area (Å²) in [6.45, 7) is 0.171. The lowest BCUT2D eigenvalue weighted by Crippen LogP contribution is -2.23. The molecule has 2 aromatic rings. The van der Waals surface area contributed by atoms with Gasteiger partial charge in [0, 0.05) is 34.0 Å². The van der Waals surface area contributed by atoms with Crippen molar-refractivity contribution in [3.8, 4) is 0 Å². The molecule has 5 nitrogen and oxygen atoms in total. The maximum atomic E-state index is 13.3. The van der Waals surface area contributed by atoms with Crippen molar-refractivity contribution in [2.45, 2.75) is 6.54 Å². The lowest BCUT2D eigenvalue weighted by Gasteiger charge is -2.08. The van der Waals surface area contributed by atoms with E-state index in [4.69, 9.17) is 0 Å². The number of anilines is 1. The van der Waals surface area contributed by atoms with Gasteiger partial charge in [0.2, 0.25) is 11.9 Å². The SMILES string of the molecule is Fc1cc(I)c(CNNc2cc[nH]n2)c(F)n1. The van der Waals surface area contributed by atoms with Crippen molar-refractivity contribution in [1.29, 1.82) is 0 Å². The molecule has 0 saturated carbocycles. The summed E-state index contributed by atoms with van der Waals surface area (Å²) >= 11 is 1.86. The first-order valence-corrected chi connectivity index (χ1v) is 5.74. The minimum Gasteiger partial charge on any atom is -0.304 e. The quantitative estimate of drug-likeness (QED) is 0.447. The molecule has 0 unspecified atom stereocenters. The molecular formula is C9H8F2IN5. The maximum Gasteiger partial charge on any atom is 0.221 e. The molecule has 0 fully saturated rings. The molecule has 0 spiro atoms. The number of hydrogen-bond acceptors (Lipinski definition) is 4. The highest BCUT2D eigenvalue weighted by molar-refractivity contribution is 14.1. The Hall–Kier alpha value is -1.29. The number of rotatable bonds is 4. The zero-order valence-corrected chi connectivity index (χ0v) is 10.6. The van der Waals surface area contributed by atoms with Crippen LogP contribution in [-0.2, 0) is 6.54 Å². The third kappa shape index (κ3) is 3.09. The van der Waals surface area contributed by atoms with Gasteiger partial charge in [-0.05, 0) is 22.6 Å². The third-order valence-electron chi connectivity index (χ3n) is 1.97. The molecule has 0 aromatic carbocycles. The largest absolute Gasteiger partial charge is 0.304 e. The predicted octanol–water partition coefficient (Wildman–Crippen LogP) is 1.80. The van der Waals surface area contributed by atoms with Crippen LogP contribution in [0.5, 0.6) is 0 Å². The van der Waals surface area contributed by atoms with Crippen LogP contribution in [0.3, 0.4) is 0 Å². The van der Waals surface area contributed by atoms with Crippen molar-refractivity contribution in [2.24, 2.45) is 0 Å². The van der Waals surface area contributed by atoms with Gasteiger partial charge in [-0.1, -0.05) is 0 Å². The minimum absolute atomic E-state index is 0.171. The molecule has 0 aliphatic heterocycles. The molecule has 0 saturated heterocycles. The Labute approximate surface area is 109 Å². The molecule has 2 heterocycles. The number of H-pyrrole nitrogens is 1. The Morgan fingerprint density at radius 3 is 2.88 bits per heavy atom. The standard InChI is InChI=1S/C9H8F2IN5/c10-7-3-6(12)5(9(11)15-7)4-14-17-8-1-2-13-16-8/h1-3,14H,4H2,(H2,13,16,17). The molecule has 17 heavy (non-hydrogen) atoms. The van der Waals surface area contributed by atoms with Crippen LogP contribution in [0, 0.1) is 15.5 Å². The summed E-state index contributed by atoms with van der Waals surface area (Å²) in [4.78, 5) is 3.12. The summed E-state index contributed by atoms with van der Waals surface area (Å²) in [5, 5.41) is 6.46. The van der Waals surface area contributed by atoms with Crippen LogP contribution in [-0.4, -0.2) is 15.2 Å². The highest BCUT2D eigenvalue weighted by atomic mass is 127. The summed E-state index contributed by atoms with van der Waals surface area (Å²) < 4.78 is 26.6. The van der Waals surface area contributed by atoms with E-state index in [0.29, 0.717) is 15.0 Å². The van der Waals surface area contributed by atoms with E-state index in [1.807, 2.05) is 22.6 Å². The van der Waals surface area contributed by atoms with Crippen LogP contribution < -0.4 is 10.9 Å². The molecular weight excluding hydrogens is 343 g/mol. The van der Waals surface area contributed by atoms with Crippen molar-refractivity contribution in [3.05, 3.63) is 39.4 Å². The first kappa shape index (κ1) is 12.2. The first-order chi connectivity index (χ1) is 8.16. The number of halogens is 3. The van der Waals surface area contributed by atoms with Gasteiger partial charge in [0.25, 0.3) is 0 Å². The van der Waals surface area contributed by atoms with Gasteiger partial charge < -0.3 is 5.43 Å². The molecule has 2 rings (SSSR count). The summed E-state index contributed by atoms with van der Waals surface area (Å²) in [5.41, 5.74) is 5.82. The van der Waals surface area contributed by atoms with Gasteiger partial charge in [-0.15, -0.1) is 0 Å². The highest BCUT2D eigenvalue weighted by Gasteiger charge is 2.10. The van der Waals surface area contributed by atoms with Crippen LogP contribution in [0.2, 0.25) is 0 Å². The topological polar surface area (TPSA) is 65.6 Å². The number of pyridine rings is 1. The normalized spacial score (nSPS) is 10.5. The summed E-state index contributed by atoms with van der Waals surface area (Å²) in [5.74, 6) is -1.06. The van der Waals surface area contributed by atoms with E-state index in [2.05, 4.69) is 26.0 Å². The molecule has 0 bridgehead atoms. The number of nitrogens with one attached hydrogen (secondary N) is 3. The molecule has 0 radical (unpaired) electrons. The minimum atomic E-state index is -0.823. The van der Waals surface area contributed by atoms with E-state index < -0.39 is 11.9 Å². The van der Waals surface area contributed by atoms with Crippen LogP contribution in [0.4, 0.5) is 14.6 Å². The molecule has 0 aliphatic carbocycles. The van der Waals surface area contributed by atoms with Gasteiger partial charge in [-0.25, -0.2) is 5.43 Å². The summed E-state index contributed by atoms with van der Waals surface area (Å²) in [6.07, 6.45) is 1.65. The van der Waals surface area contributed by atoms with E-state index in [1.165, 1.54) is 6.07 Å².